The fourth-order valence-corrected chi connectivity index (χ4v) is 3.51. The Labute approximate surface area is 149 Å². The number of amides is 1. The Morgan fingerprint density at radius 1 is 1.04 bits per heavy atom. The van der Waals surface area contributed by atoms with E-state index in [1.807, 2.05) is 62.6 Å². The normalized spacial score (nSPS) is 16.5. The molecule has 0 radical (unpaired) electrons. The van der Waals surface area contributed by atoms with Gasteiger partial charge in [0.05, 0.1) is 31.9 Å². The number of benzene rings is 2. The van der Waals surface area contributed by atoms with Gasteiger partial charge in [0.1, 0.15) is 5.75 Å². The highest BCUT2D eigenvalue weighted by atomic mass is 16.3. The van der Waals surface area contributed by atoms with Crippen LogP contribution >= 0.6 is 0 Å². The number of aromatic hydroxyl groups is 1. The van der Waals surface area contributed by atoms with Crippen molar-refractivity contribution in [3.8, 4) is 5.75 Å². The number of nitrogens with one attached hydrogen (secondary N) is 1. The average molecular weight is 340 g/mol. The number of para-hydroxylation sites is 2. The first-order valence-electron chi connectivity index (χ1n) is 8.71. The summed E-state index contributed by atoms with van der Waals surface area (Å²) in [5.41, 5.74) is 1.93. The Morgan fingerprint density at radius 3 is 2.24 bits per heavy atom. The van der Waals surface area contributed by atoms with Crippen molar-refractivity contribution in [3.63, 3.8) is 0 Å². The van der Waals surface area contributed by atoms with Gasteiger partial charge in [-0.3, -0.25) is 4.79 Å². The van der Waals surface area contributed by atoms with E-state index in [2.05, 4.69) is 4.90 Å². The lowest BCUT2D eigenvalue weighted by molar-refractivity contribution is -0.922. The SMILES string of the molecule is CN(C)C(=O)[C@H](c1ccccc1)[NH+]1CCN(c2ccccc2O)CC1. The van der Waals surface area contributed by atoms with Crippen molar-refractivity contribution in [1.82, 2.24) is 4.90 Å². The first kappa shape index (κ1) is 17.3. The smallest absolute Gasteiger partial charge is 0.285 e. The maximum Gasteiger partial charge on any atom is 0.285 e. The second-order valence-corrected chi connectivity index (χ2v) is 6.71. The van der Waals surface area contributed by atoms with Gasteiger partial charge < -0.3 is 19.8 Å². The molecule has 0 spiro atoms. The molecule has 2 aromatic rings. The second kappa shape index (κ2) is 7.57. The number of piperazine rings is 1. The standard InChI is InChI=1S/C20H25N3O2/c1-21(2)20(25)19(16-8-4-3-5-9-16)23-14-12-22(13-15-23)17-10-6-7-11-18(17)24/h3-11,19,24H,12-15H2,1-2H3/p+1/t19-/m0/s1. The molecule has 2 aromatic carbocycles. The van der Waals surface area contributed by atoms with E-state index in [1.165, 1.54) is 4.90 Å². The lowest BCUT2D eigenvalue weighted by Crippen LogP contribution is -3.16. The van der Waals surface area contributed by atoms with E-state index in [4.69, 9.17) is 0 Å². The molecule has 1 amide bonds. The maximum atomic E-state index is 12.8. The van der Waals surface area contributed by atoms with Crippen LogP contribution in [0.2, 0.25) is 0 Å². The van der Waals surface area contributed by atoms with Crippen LogP contribution in [0.15, 0.2) is 54.6 Å². The van der Waals surface area contributed by atoms with Crippen LogP contribution in [0, 0.1) is 0 Å². The van der Waals surface area contributed by atoms with Crippen LogP contribution < -0.4 is 9.80 Å². The average Bonchev–Trinajstić information content (AvgIpc) is 2.64. The van der Waals surface area contributed by atoms with Crippen molar-refractivity contribution >= 4 is 11.6 Å². The summed E-state index contributed by atoms with van der Waals surface area (Å²) in [6.45, 7) is 3.34. The number of nitrogens with zero attached hydrogens (tertiary/aromatic N) is 2. The Kier molecular flexibility index (Phi) is 5.24. The molecule has 25 heavy (non-hydrogen) atoms. The van der Waals surface area contributed by atoms with Gasteiger partial charge in [0.25, 0.3) is 5.91 Å². The second-order valence-electron chi connectivity index (χ2n) is 6.71. The number of hydrogen-bond donors (Lipinski definition) is 2. The maximum absolute atomic E-state index is 12.8. The molecular weight excluding hydrogens is 314 g/mol. The van der Waals surface area contributed by atoms with Crippen molar-refractivity contribution < 1.29 is 14.8 Å². The molecule has 0 aliphatic carbocycles. The van der Waals surface area contributed by atoms with Gasteiger partial charge >= 0.3 is 0 Å². The van der Waals surface area contributed by atoms with Crippen LogP contribution in [0.5, 0.6) is 5.75 Å². The molecule has 0 aromatic heterocycles. The predicted octanol–water partition coefficient (Wildman–Crippen LogP) is 0.927. The van der Waals surface area contributed by atoms with E-state index in [9.17, 15) is 9.90 Å². The zero-order chi connectivity index (χ0) is 17.8. The van der Waals surface area contributed by atoms with Gasteiger partial charge in [-0.1, -0.05) is 42.5 Å². The molecule has 1 aliphatic heterocycles. The highest BCUT2D eigenvalue weighted by Crippen LogP contribution is 2.26. The molecule has 0 bridgehead atoms. The van der Waals surface area contributed by atoms with Gasteiger partial charge in [-0.2, -0.15) is 0 Å². The molecule has 2 N–H and O–H groups in total. The number of likely N-dealkylation sites (N-methyl/N-ethyl adjacent to an activating group) is 1. The molecule has 0 saturated carbocycles. The van der Waals surface area contributed by atoms with Gasteiger partial charge in [-0.15, -0.1) is 0 Å². The number of quaternary nitrogens is 1. The number of rotatable bonds is 4. The minimum atomic E-state index is -0.178. The first-order valence-corrected chi connectivity index (χ1v) is 8.71. The van der Waals surface area contributed by atoms with Gasteiger partial charge in [-0.05, 0) is 12.1 Å². The van der Waals surface area contributed by atoms with Crippen molar-refractivity contribution in [1.29, 1.82) is 0 Å². The lowest BCUT2D eigenvalue weighted by atomic mass is 10.0. The van der Waals surface area contributed by atoms with Gasteiger partial charge in [0.2, 0.25) is 0 Å². The van der Waals surface area contributed by atoms with Crippen molar-refractivity contribution in [2.24, 2.45) is 0 Å². The fourth-order valence-electron chi connectivity index (χ4n) is 3.51. The first-order chi connectivity index (χ1) is 12.1. The van der Waals surface area contributed by atoms with Gasteiger partial charge in [0.15, 0.2) is 6.04 Å². The fraction of sp³-hybridized carbons (Fsp3) is 0.350. The van der Waals surface area contributed by atoms with Crippen molar-refractivity contribution in [3.05, 3.63) is 60.2 Å². The topological polar surface area (TPSA) is 48.2 Å². The predicted molar refractivity (Wildman–Crippen MR) is 98.9 cm³/mol. The van der Waals surface area contributed by atoms with Gasteiger partial charge in [-0.25, -0.2) is 0 Å². The Morgan fingerprint density at radius 2 is 1.64 bits per heavy atom. The van der Waals surface area contributed by atoms with Crippen LogP contribution in [0.1, 0.15) is 11.6 Å². The van der Waals surface area contributed by atoms with Crippen LogP contribution in [-0.4, -0.2) is 56.2 Å². The van der Waals surface area contributed by atoms with E-state index in [1.54, 1.807) is 11.0 Å². The number of phenols is 1. The molecule has 5 nitrogen and oxygen atoms in total. The monoisotopic (exact) mass is 340 g/mol. The summed E-state index contributed by atoms with van der Waals surface area (Å²) in [5.74, 6) is 0.451. The largest absolute Gasteiger partial charge is 0.506 e. The number of carbonyl (C=O) groups is 1. The quantitative estimate of drug-likeness (QED) is 0.870. The molecule has 1 heterocycles. The number of phenolic OH excluding ortho intramolecular Hbond substituents is 1. The Hall–Kier alpha value is -2.53. The van der Waals surface area contributed by atoms with Crippen LogP contribution in [0.3, 0.4) is 0 Å². The summed E-state index contributed by atoms with van der Waals surface area (Å²) in [6.07, 6.45) is 0. The van der Waals surface area contributed by atoms with E-state index >= 15 is 0 Å². The molecule has 132 valence electrons. The zero-order valence-corrected chi connectivity index (χ0v) is 14.9. The summed E-state index contributed by atoms with van der Waals surface area (Å²) in [4.78, 5) is 18.0. The third kappa shape index (κ3) is 3.77. The lowest BCUT2D eigenvalue weighted by Gasteiger charge is -2.37. The molecule has 5 heteroatoms. The number of carbonyl (C=O) groups excluding carboxylic acids is 1. The zero-order valence-electron chi connectivity index (χ0n) is 14.9. The molecule has 1 fully saturated rings. The molecule has 3 rings (SSSR count). The number of hydrogen-bond acceptors (Lipinski definition) is 3. The summed E-state index contributed by atoms with van der Waals surface area (Å²) in [5, 5.41) is 10.1. The van der Waals surface area contributed by atoms with E-state index in [0.29, 0.717) is 5.75 Å². The highest BCUT2D eigenvalue weighted by molar-refractivity contribution is 5.81. The summed E-state index contributed by atoms with van der Waals surface area (Å²) >= 11 is 0. The third-order valence-electron chi connectivity index (χ3n) is 4.86. The third-order valence-corrected chi connectivity index (χ3v) is 4.86. The molecular formula is C20H26N3O2+. The van der Waals surface area contributed by atoms with E-state index < -0.39 is 0 Å². The van der Waals surface area contributed by atoms with Crippen LogP contribution in [-0.2, 0) is 4.79 Å². The van der Waals surface area contributed by atoms with Crippen LogP contribution in [0.4, 0.5) is 5.69 Å². The molecule has 0 unspecified atom stereocenters. The molecule has 1 saturated heterocycles. The minimum Gasteiger partial charge on any atom is -0.506 e. The highest BCUT2D eigenvalue weighted by Gasteiger charge is 2.35. The van der Waals surface area contributed by atoms with Crippen molar-refractivity contribution in [2.75, 3.05) is 45.2 Å². The summed E-state index contributed by atoms with van der Waals surface area (Å²) < 4.78 is 0. The number of anilines is 1. The summed E-state index contributed by atoms with van der Waals surface area (Å²) in [6, 6.07) is 17.3. The van der Waals surface area contributed by atoms with E-state index in [0.717, 1.165) is 37.4 Å². The molecule has 1 aliphatic rings. The summed E-state index contributed by atoms with van der Waals surface area (Å²) in [7, 11) is 3.63. The van der Waals surface area contributed by atoms with Crippen LogP contribution in [0.25, 0.3) is 0 Å². The molecule has 1 atom stereocenters. The minimum absolute atomic E-state index is 0.136. The van der Waals surface area contributed by atoms with Gasteiger partial charge in [0, 0.05) is 19.7 Å². The Bertz CT molecular complexity index is 710. The van der Waals surface area contributed by atoms with Crippen molar-refractivity contribution in [2.45, 2.75) is 6.04 Å². The Balaban J connectivity index is 1.76. The van der Waals surface area contributed by atoms with E-state index in [-0.39, 0.29) is 11.9 Å².